The molecule has 17 heteroatoms. The number of rotatable bonds is 16. The molecule has 3 atom stereocenters. The summed E-state index contributed by atoms with van der Waals surface area (Å²) in [5.41, 5.74) is 0.961. The molecule has 0 spiro atoms. The molecule has 0 aromatic heterocycles. The standard InChI is InChI=1S/C44H63N5O12/c1-42(2,3)59-38(53)34-24-18-26-48(34)37(52)33(23-16-17-25-45-39(54)58-29-31-21-14-11-15-22-31)49(47-41(56)61-44(7,8)9)36(51)32(46-40(55)60-43(4,5)6)27-35(50)57-28-30-19-12-10-13-20-30/h10-15,19-22,32-34H,16-18,23-29H2,1-9H3,(H,45,54)(H,46,55)(H,47,56)/t32-,33-,34-/m0/s1. The summed E-state index contributed by atoms with van der Waals surface area (Å²) in [6.45, 7) is 14.9. The highest BCUT2D eigenvalue weighted by molar-refractivity contribution is 5.95. The SMILES string of the molecule is CC(C)(C)OC(=O)N[C@@H](CC(=O)OCc1ccccc1)C(=O)N(NC(=O)OC(C)(C)C)[C@@H](CCCCNC(=O)OCc1ccccc1)C(=O)N1CCC[C@H]1C(=O)OC(C)(C)C. The van der Waals surface area contributed by atoms with Gasteiger partial charge in [-0.15, -0.1) is 0 Å². The Kier molecular flexibility index (Phi) is 18.4. The molecule has 2 aromatic carbocycles. The molecular formula is C44H63N5O12. The summed E-state index contributed by atoms with van der Waals surface area (Å²) >= 11 is 0. The van der Waals surface area contributed by atoms with Crippen molar-refractivity contribution in [3.8, 4) is 0 Å². The summed E-state index contributed by atoms with van der Waals surface area (Å²) < 4.78 is 27.3. The van der Waals surface area contributed by atoms with Crippen LogP contribution >= 0.6 is 0 Å². The second-order valence-corrected chi connectivity index (χ2v) is 17.6. The van der Waals surface area contributed by atoms with Crippen molar-refractivity contribution in [2.24, 2.45) is 0 Å². The molecule has 1 aliphatic heterocycles. The first kappa shape index (κ1) is 49.5. The van der Waals surface area contributed by atoms with Gasteiger partial charge < -0.3 is 39.2 Å². The lowest BCUT2D eigenvalue weighted by atomic mass is 10.0. The summed E-state index contributed by atoms with van der Waals surface area (Å²) in [6.07, 6.45) is -2.46. The predicted octanol–water partition coefficient (Wildman–Crippen LogP) is 6.08. The van der Waals surface area contributed by atoms with E-state index >= 15 is 0 Å². The van der Waals surface area contributed by atoms with Gasteiger partial charge in [0.1, 0.15) is 48.1 Å². The van der Waals surface area contributed by atoms with Crippen molar-refractivity contribution in [1.82, 2.24) is 26.0 Å². The second kappa shape index (κ2) is 22.7. The van der Waals surface area contributed by atoms with Crippen LogP contribution in [-0.2, 0) is 56.1 Å². The molecule has 5 amide bonds. The molecule has 1 fully saturated rings. The van der Waals surface area contributed by atoms with Crippen molar-refractivity contribution in [1.29, 1.82) is 0 Å². The predicted molar refractivity (Wildman–Crippen MR) is 223 cm³/mol. The topological polar surface area (TPSA) is 208 Å². The maximum absolute atomic E-state index is 14.8. The molecule has 17 nitrogen and oxygen atoms in total. The highest BCUT2D eigenvalue weighted by atomic mass is 16.6. The van der Waals surface area contributed by atoms with Crippen LogP contribution in [0, 0.1) is 0 Å². The molecule has 2 aromatic rings. The smallest absolute Gasteiger partial charge is 0.426 e. The molecule has 0 unspecified atom stereocenters. The van der Waals surface area contributed by atoms with Gasteiger partial charge in [-0.25, -0.2) is 29.6 Å². The Hall–Kier alpha value is -5.87. The fourth-order valence-corrected chi connectivity index (χ4v) is 6.09. The minimum Gasteiger partial charge on any atom is -0.461 e. The second-order valence-electron chi connectivity index (χ2n) is 17.6. The third kappa shape index (κ3) is 18.5. The maximum atomic E-state index is 14.8. The highest BCUT2D eigenvalue weighted by Crippen LogP contribution is 2.25. The van der Waals surface area contributed by atoms with E-state index in [1.807, 2.05) is 30.3 Å². The van der Waals surface area contributed by atoms with Gasteiger partial charge in [0.15, 0.2) is 0 Å². The number of nitrogens with one attached hydrogen (secondary N) is 3. The van der Waals surface area contributed by atoms with E-state index in [1.54, 1.807) is 92.6 Å². The van der Waals surface area contributed by atoms with Crippen molar-refractivity contribution in [2.45, 2.75) is 149 Å². The van der Waals surface area contributed by atoms with Crippen molar-refractivity contribution < 1.29 is 57.2 Å². The molecule has 3 rings (SSSR count). The van der Waals surface area contributed by atoms with Crippen LogP contribution in [0.1, 0.15) is 112 Å². The zero-order valence-electron chi connectivity index (χ0n) is 36.9. The first-order valence-corrected chi connectivity index (χ1v) is 20.5. The number of benzene rings is 2. The molecule has 0 radical (unpaired) electrons. The molecule has 0 saturated carbocycles. The first-order chi connectivity index (χ1) is 28.5. The van der Waals surface area contributed by atoms with Crippen LogP contribution in [0.3, 0.4) is 0 Å². The van der Waals surface area contributed by atoms with Crippen molar-refractivity contribution in [3.05, 3.63) is 71.8 Å². The van der Waals surface area contributed by atoms with Gasteiger partial charge in [0.05, 0.1) is 6.42 Å². The average Bonchev–Trinajstić information content (AvgIpc) is 3.66. The molecule has 1 saturated heterocycles. The van der Waals surface area contributed by atoms with Gasteiger partial charge in [0, 0.05) is 13.1 Å². The van der Waals surface area contributed by atoms with Crippen LogP contribution in [0.5, 0.6) is 0 Å². The lowest BCUT2D eigenvalue weighted by molar-refractivity contribution is -0.165. The number of hydrogen-bond acceptors (Lipinski definition) is 12. The number of carbonyl (C=O) groups excluding carboxylic acids is 7. The van der Waals surface area contributed by atoms with E-state index in [-0.39, 0.29) is 45.6 Å². The number of hydrogen-bond donors (Lipinski definition) is 3. The number of esters is 2. The molecule has 336 valence electrons. The van der Waals surface area contributed by atoms with Gasteiger partial charge in [-0.3, -0.25) is 14.4 Å². The lowest BCUT2D eigenvalue weighted by Gasteiger charge is -2.37. The highest BCUT2D eigenvalue weighted by Gasteiger charge is 2.44. The Labute approximate surface area is 358 Å². The number of amides is 5. The van der Waals surface area contributed by atoms with E-state index < -0.39 is 83.4 Å². The minimum atomic E-state index is -1.73. The van der Waals surface area contributed by atoms with Gasteiger partial charge >= 0.3 is 30.2 Å². The molecular weight excluding hydrogens is 791 g/mol. The minimum absolute atomic E-state index is 0.0591. The molecule has 3 N–H and O–H groups in total. The number of likely N-dealkylation sites (tertiary alicyclic amines) is 1. The normalized spacial score (nSPS) is 15.0. The number of hydrazine groups is 1. The summed E-state index contributed by atoms with van der Waals surface area (Å²) in [5, 5.41) is 5.83. The molecule has 1 heterocycles. The first-order valence-electron chi connectivity index (χ1n) is 20.5. The lowest BCUT2D eigenvalue weighted by Crippen LogP contribution is -2.63. The van der Waals surface area contributed by atoms with E-state index in [1.165, 1.54) is 4.90 Å². The van der Waals surface area contributed by atoms with Crippen LogP contribution in [0.15, 0.2) is 60.7 Å². The summed E-state index contributed by atoms with van der Waals surface area (Å²) in [4.78, 5) is 96.8. The van der Waals surface area contributed by atoms with Crippen molar-refractivity contribution in [3.63, 3.8) is 0 Å². The zero-order valence-corrected chi connectivity index (χ0v) is 36.9. The van der Waals surface area contributed by atoms with Crippen molar-refractivity contribution >= 4 is 42.0 Å². The van der Waals surface area contributed by atoms with E-state index in [9.17, 15) is 33.6 Å². The number of unbranched alkanes of at least 4 members (excludes halogenated alkanes) is 1. The zero-order chi connectivity index (χ0) is 45.4. The van der Waals surface area contributed by atoms with Gasteiger partial charge in [-0.2, -0.15) is 0 Å². The Morgan fingerprint density at radius 2 is 1.25 bits per heavy atom. The number of alkyl carbamates (subject to hydrolysis) is 2. The van der Waals surface area contributed by atoms with Crippen LogP contribution < -0.4 is 16.1 Å². The van der Waals surface area contributed by atoms with Crippen molar-refractivity contribution in [2.75, 3.05) is 13.1 Å². The fourth-order valence-electron chi connectivity index (χ4n) is 6.09. The Balaban J connectivity index is 1.98. The number of carbonyl (C=O) groups is 7. The van der Waals surface area contributed by atoms with Crippen LogP contribution in [-0.4, -0.2) is 100.0 Å². The Morgan fingerprint density at radius 1 is 0.705 bits per heavy atom. The molecule has 0 bridgehead atoms. The molecule has 61 heavy (non-hydrogen) atoms. The monoisotopic (exact) mass is 853 g/mol. The van der Waals surface area contributed by atoms with E-state index in [0.717, 1.165) is 10.6 Å². The van der Waals surface area contributed by atoms with Gasteiger partial charge in [0.2, 0.25) is 5.91 Å². The maximum Gasteiger partial charge on any atom is 0.426 e. The fraction of sp³-hybridized carbons (Fsp3) is 0.568. The summed E-state index contributed by atoms with van der Waals surface area (Å²) in [5.74, 6) is -3.31. The van der Waals surface area contributed by atoms with E-state index in [2.05, 4.69) is 16.1 Å². The van der Waals surface area contributed by atoms with Crippen LogP contribution in [0.2, 0.25) is 0 Å². The van der Waals surface area contributed by atoms with Gasteiger partial charge in [-0.1, -0.05) is 60.7 Å². The molecule has 1 aliphatic rings. The summed E-state index contributed by atoms with van der Waals surface area (Å²) in [7, 11) is 0. The summed E-state index contributed by atoms with van der Waals surface area (Å²) in [6, 6.07) is 13.7. The Morgan fingerprint density at radius 3 is 1.80 bits per heavy atom. The number of ether oxygens (including phenoxy) is 5. The number of nitrogens with zero attached hydrogens (tertiary/aromatic N) is 2. The third-order valence-electron chi connectivity index (χ3n) is 8.65. The third-order valence-corrected chi connectivity index (χ3v) is 8.65. The van der Waals surface area contributed by atoms with E-state index in [0.29, 0.717) is 18.4 Å². The molecule has 0 aliphatic carbocycles. The largest absolute Gasteiger partial charge is 0.461 e. The average molecular weight is 854 g/mol. The van der Waals surface area contributed by atoms with E-state index in [4.69, 9.17) is 23.7 Å². The van der Waals surface area contributed by atoms with Gasteiger partial charge in [-0.05, 0) is 106 Å². The quantitative estimate of drug-likeness (QED) is 0.0760. The van der Waals surface area contributed by atoms with Crippen LogP contribution in [0.4, 0.5) is 14.4 Å². The Bertz CT molecular complexity index is 1790. The van der Waals surface area contributed by atoms with Gasteiger partial charge in [0.25, 0.3) is 5.91 Å². The van der Waals surface area contributed by atoms with Crippen LogP contribution in [0.25, 0.3) is 0 Å².